The molecule has 164 valence electrons. The summed E-state index contributed by atoms with van der Waals surface area (Å²) in [5.74, 6) is -4.51. The highest BCUT2D eigenvalue weighted by atomic mass is 16.4. The number of hydrogen-bond donors (Lipinski definition) is 6. The second kappa shape index (κ2) is 11.3. The Morgan fingerprint density at radius 2 is 1.59 bits per heavy atom. The topological polar surface area (TPSA) is 174 Å². The summed E-state index contributed by atoms with van der Waals surface area (Å²) in [5, 5.41) is 28.2. The number of carboxylic acids is 2. The molecule has 0 aromatic heterocycles. The van der Waals surface area contributed by atoms with E-state index >= 15 is 0 Å². The van der Waals surface area contributed by atoms with E-state index in [4.69, 9.17) is 10.2 Å². The quantitative estimate of drug-likeness (QED) is 0.245. The van der Waals surface area contributed by atoms with E-state index in [1.165, 1.54) is 6.92 Å². The van der Waals surface area contributed by atoms with Crippen molar-refractivity contribution >= 4 is 29.7 Å². The molecule has 1 saturated heterocycles. The second-order valence-electron chi connectivity index (χ2n) is 7.57. The van der Waals surface area contributed by atoms with E-state index in [2.05, 4.69) is 21.3 Å². The molecule has 0 spiro atoms. The SMILES string of the molecule is CC(C)CC(NC(=O)C(CC(=O)O)NC(=O)C1CCCN1)C(=O)NC(C)C(=O)O. The van der Waals surface area contributed by atoms with Crippen molar-refractivity contribution in [3.8, 4) is 0 Å². The molecular formula is C18H30N4O7. The summed E-state index contributed by atoms with van der Waals surface area (Å²) in [4.78, 5) is 59.4. The lowest BCUT2D eigenvalue weighted by molar-refractivity contribution is -0.143. The van der Waals surface area contributed by atoms with Crippen LogP contribution in [0.4, 0.5) is 0 Å². The summed E-state index contributed by atoms with van der Waals surface area (Å²) in [6.07, 6.45) is 0.943. The second-order valence-corrected chi connectivity index (χ2v) is 7.57. The van der Waals surface area contributed by atoms with Gasteiger partial charge < -0.3 is 31.5 Å². The van der Waals surface area contributed by atoms with Crippen LogP contribution < -0.4 is 21.3 Å². The van der Waals surface area contributed by atoms with Gasteiger partial charge in [0.2, 0.25) is 17.7 Å². The summed E-state index contributed by atoms with van der Waals surface area (Å²) >= 11 is 0. The fourth-order valence-electron chi connectivity index (χ4n) is 2.92. The van der Waals surface area contributed by atoms with Crippen LogP contribution in [0.3, 0.4) is 0 Å². The van der Waals surface area contributed by atoms with Crippen LogP contribution in [0.25, 0.3) is 0 Å². The van der Waals surface area contributed by atoms with Crippen LogP contribution in [0.1, 0.15) is 46.5 Å². The minimum Gasteiger partial charge on any atom is -0.481 e. The first-order valence-corrected chi connectivity index (χ1v) is 9.60. The molecule has 1 fully saturated rings. The summed E-state index contributed by atoms with van der Waals surface area (Å²) in [7, 11) is 0. The van der Waals surface area contributed by atoms with E-state index in [9.17, 15) is 24.0 Å². The average molecular weight is 414 g/mol. The molecule has 3 amide bonds. The average Bonchev–Trinajstić information content (AvgIpc) is 3.14. The number of aliphatic carboxylic acids is 2. The first-order valence-electron chi connectivity index (χ1n) is 9.60. The van der Waals surface area contributed by atoms with E-state index in [-0.39, 0.29) is 12.3 Å². The fraction of sp³-hybridized carbons (Fsp3) is 0.722. The minimum absolute atomic E-state index is 0.0126. The number of amides is 3. The maximum Gasteiger partial charge on any atom is 0.325 e. The van der Waals surface area contributed by atoms with Crippen molar-refractivity contribution in [2.24, 2.45) is 5.92 Å². The molecule has 0 aromatic rings. The van der Waals surface area contributed by atoms with Crippen LogP contribution >= 0.6 is 0 Å². The molecular weight excluding hydrogens is 384 g/mol. The predicted octanol–water partition coefficient (Wildman–Crippen LogP) is -1.18. The minimum atomic E-state index is -1.36. The molecule has 1 aliphatic rings. The van der Waals surface area contributed by atoms with Crippen molar-refractivity contribution in [3.05, 3.63) is 0 Å². The summed E-state index contributed by atoms with van der Waals surface area (Å²) in [6.45, 7) is 5.58. The van der Waals surface area contributed by atoms with Gasteiger partial charge in [-0.05, 0) is 38.6 Å². The van der Waals surface area contributed by atoms with Gasteiger partial charge in [-0.25, -0.2) is 0 Å². The first-order chi connectivity index (χ1) is 13.5. The van der Waals surface area contributed by atoms with Gasteiger partial charge in [-0.15, -0.1) is 0 Å². The lowest BCUT2D eigenvalue weighted by Crippen LogP contribution is -2.57. The van der Waals surface area contributed by atoms with E-state index in [0.717, 1.165) is 6.42 Å². The monoisotopic (exact) mass is 414 g/mol. The normalized spacial score (nSPS) is 19.1. The molecule has 1 heterocycles. The molecule has 0 saturated carbocycles. The molecule has 4 atom stereocenters. The highest BCUT2D eigenvalue weighted by Crippen LogP contribution is 2.08. The van der Waals surface area contributed by atoms with Crippen LogP contribution in [0.5, 0.6) is 0 Å². The fourth-order valence-corrected chi connectivity index (χ4v) is 2.92. The van der Waals surface area contributed by atoms with Gasteiger partial charge in [0, 0.05) is 0 Å². The molecule has 11 nitrogen and oxygen atoms in total. The van der Waals surface area contributed by atoms with E-state index in [1.807, 2.05) is 13.8 Å². The van der Waals surface area contributed by atoms with Gasteiger partial charge in [0.05, 0.1) is 12.5 Å². The summed E-state index contributed by atoms with van der Waals surface area (Å²) < 4.78 is 0. The van der Waals surface area contributed by atoms with E-state index in [0.29, 0.717) is 13.0 Å². The smallest absolute Gasteiger partial charge is 0.325 e. The Bertz CT molecular complexity index is 632. The van der Waals surface area contributed by atoms with Crippen molar-refractivity contribution in [3.63, 3.8) is 0 Å². The predicted molar refractivity (Wildman–Crippen MR) is 102 cm³/mol. The lowest BCUT2D eigenvalue weighted by atomic mass is 10.0. The largest absolute Gasteiger partial charge is 0.481 e. The van der Waals surface area contributed by atoms with Gasteiger partial charge in [0.1, 0.15) is 18.1 Å². The molecule has 0 aromatic carbocycles. The van der Waals surface area contributed by atoms with Crippen LogP contribution in [-0.2, 0) is 24.0 Å². The summed E-state index contributed by atoms with van der Waals surface area (Å²) in [6, 6.07) is -4.08. The Kier molecular flexibility index (Phi) is 9.53. The zero-order chi connectivity index (χ0) is 22.1. The maximum atomic E-state index is 12.6. The number of hydrogen-bond acceptors (Lipinski definition) is 6. The molecule has 1 aliphatic heterocycles. The Morgan fingerprint density at radius 1 is 0.966 bits per heavy atom. The number of nitrogens with one attached hydrogen (secondary N) is 4. The van der Waals surface area contributed by atoms with Crippen LogP contribution in [0, 0.1) is 5.92 Å². The highest BCUT2D eigenvalue weighted by molar-refractivity contribution is 5.95. The molecule has 0 radical (unpaired) electrons. The molecule has 6 N–H and O–H groups in total. The van der Waals surface area contributed by atoms with Gasteiger partial charge >= 0.3 is 11.9 Å². The van der Waals surface area contributed by atoms with Crippen molar-refractivity contribution in [2.45, 2.75) is 70.6 Å². The van der Waals surface area contributed by atoms with Crippen LogP contribution in [0.2, 0.25) is 0 Å². The van der Waals surface area contributed by atoms with Crippen molar-refractivity contribution in [1.82, 2.24) is 21.3 Å². The van der Waals surface area contributed by atoms with Gasteiger partial charge in [0.15, 0.2) is 0 Å². The van der Waals surface area contributed by atoms with Gasteiger partial charge in [-0.1, -0.05) is 13.8 Å². The van der Waals surface area contributed by atoms with E-state index in [1.54, 1.807) is 0 Å². The summed E-state index contributed by atoms with van der Waals surface area (Å²) in [5.41, 5.74) is 0. The zero-order valence-electron chi connectivity index (χ0n) is 16.9. The van der Waals surface area contributed by atoms with Crippen LogP contribution in [-0.4, -0.2) is 70.6 Å². The highest BCUT2D eigenvalue weighted by Gasteiger charge is 2.32. The van der Waals surface area contributed by atoms with Gasteiger partial charge in [-0.3, -0.25) is 24.0 Å². The Balaban J connectivity index is 2.86. The molecule has 11 heteroatoms. The van der Waals surface area contributed by atoms with E-state index < -0.39 is 60.2 Å². The number of carbonyl (C=O) groups is 5. The van der Waals surface area contributed by atoms with Gasteiger partial charge in [0.25, 0.3) is 0 Å². The Morgan fingerprint density at radius 3 is 2.07 bits per heavy atom. The van der Waals surface area contributed by atoms with Crippen molar-refractivity contribution < 1.29 is 34.2 Å². The van der Waals surface area contributed by atoms with Gasteiger partial charge in [-0.2, -0.15) is 0 Å². The maximum absolute atomic E-state index is 12.6. The third-order valence-electron chi connectivity index (χ3n) is 4.46. The Labute approximate surface area is 169 Å². The van der Waals surface area contributed by atoms with Crippen molar-refractivity contribution in [1.29, 1.82) is 0 Å². The standard InChI is InChI=1S/C18H30N4O7/c1-9(2)7-12(16(26)20-10(3)18(28)29)21-17(27)13(8-14(23)24)22-15(25)11-5-4-6-19-11/h9-13,19H,4-8H2,1-3H3,(H,20,26)(H,21,27)(H,22,25)(H,23,24)(H,28,29). The molecule has 1 rings (SSSR count). The molecule has 29 heavy (non-hydrogen) atoms. The third kappa shape index (κ3) is 8.46. The van der Waals surface area contributed by atoms with Crippen LogP contribution in [0.15, 0.2) is 0 Å². The third-order valence-corrected chi connectivity index (χ3v) is 4.46. The zero-order valence-corrected chi connectivity index (χ0v) is 16.9. The number of carbonyl (C=O) groups excluding carboxylic acids is 3. The van der Waals surface area contributed by atoms with Crippen molar-refractivity contribution in [2.75, 3.05) is 6.54 Å². The first kappa shape index (κ1) is 24.3. The number of rotatable bonds is 11. The lowest BCUT2D eigenvalue weighted by Gasteiger charge is -2.25. The Hall–Kier alpha value is -2.69. The molecule has 0 aliphatic carbocycles. The molecule has 0 bridgehead atoms. The number of carboxylic acid groups (broad SMARTS) is 2. The molecule has 4 unspecified atom stereocenters.